The zero-order valence-corrected chi connectivity index (χ0v) is 20.9. The highest BCUT2D eigenvalue weighted by atomic mass is 16.2. The van der Waals surface area contributed by atoms with Crippen LogP contribution in [0.3, 0.4) is 0 Å². The van der Waals surface area contributed by atoms with Gasteiger partial charge < -0.3 is 9.80 Å². The Kier molecular flexibility index (Phi) is 8.59. The quantitative estimate of drug-likeness (QED) is 0.313. The summed E-state index contributed by atoms with van der Waals surface area (Å²) in [6, 6.07) is 4.07. The summed E-state index contributed by atoms with van der Waals surface area (Å²) in [6.07, 6.45) is 10.1. The molecule has 0 spiro atoms. The number of allylic oxidation sites excluding steroid dienone is 2. The normalized spacial score (nSPS) is 16.0. The van der Waals surface area contributed by atoms with Gasteiger partial charge in [0, 0.05) is 48.7 Å². The van der Waals surface area contributed by atoms with E-state index in [-0.39, 0.29) is 34.3 Å². The first-order valence-corrected chi connectivity index (χ1v) is 12.3. The number of rotatable bonds is 8. The number of anilines is 2. The highest BCUT2D eigenvalue weighted by Gasteiger charge is 2.22. The highest BCUT2D eigenvalue weighted by molar-refractivity contribution is 6.23. The van der Waals surface area contributed by atoms with E-state index in [1.165, 1.54) is 40.5 Å². The van der Waals surface area contributed by atoms with Crippen molar-refractivity contribution in [2.75, 3.05) is 36.0 Å². The van der Waals surface area contributed by atoms with Crippen molar-refractivity contribution < 1.29 is 19.2 Å². The molecule has 2 aliphatic rings. The van der Waals surface area contributed by atoms with Gasteiger partial charge >= 0.3 is 0 Å². The van der Waals surface area contributed by atoms with E-state index in [1.54, 1.807) is 12.2 Å². The van der Waals surface area contributed by atoms with Crippen molar-refractivity contribution in [2.24, 2.45) is 0 Å². The van der Waals surface area contributed by atoms with Crippen molar-refractivity contribution in [1.82, 2.24) is 0 Å². The van der Waals surface area contributed by atoms with Crippen LogP contribution in [0.1, 0.15) is 77.3 Å². The molecular formula is C28H36N2O4. The van der Waals surface area contributed by atoms with Crippen molar-refractivity contribution in [3.05, 3.63) is 34.4 Å². The number of nitrogens with zero attached hydrogens (tertiary/aromatic N) is 2. The third-order valence-electron chi connectivity index (χ3n) is 6.69. The zero-order chi connectivity index (χ0) is 24.8. The summed E-state index contributed by atoms with van der Waals surface area (Å²) in [6.45, 7) is 9.21. The molecule has 0 bridgehead atoms. The SMILES string of the molecule is CC(=O)C(=Cc1cc(N2CCCCC2)c(C=C(C(C)=O)C(C)=O)cc1N1CCCCC1)C(C)=O. The molecule has 6 heteroatoms. The smallest absolute Gasteiger partial charge is 0.163 e. The van der Waals surface area contributed by atoms with Gasteiger partial charge in [-0.2, -0.15) is 0 Å². The Hall–Kier alpha value is -3.02. The van der Waals surface area contributed by atoms with E-state index < -0.39 is 0 Å². The van der Waals surface area contributed by atoms with E-state index in [0.717, 1.165) is 74.4 Å². The van der Waals surface area contributed by atoms with Crippen LogP contribution in [-0.4, -0.2) is 49.3 Å². The second kappa shape index (κ2) is 11.4. The molecule has 0 saturated carbocycles. The molecule has 2 fully saturated rings. The lowest BCUT2D eigenvalue weighted by Gasteiger charge is -2.34. The summed E-state index contributed by atoms with van der Waals surface area (Å²) >= 11 is 0. The van der Waals surface area contributed by atoms with Gasteiger partial charge in [-0.25, -0.2) is 0 Å². The summed E-state index contributed by atoms with van der Waals surface area (Å²) in [7, 11) is 0. The Morgan fingerprint density at radius 3 is 1.12 bits per heavy atom. The topological polar surface area (TPSA) is 74.8 Å². The number of piperidine rings is 2. The molecular weight excluding hydrogens is 428 g/mol. The molecule has 0 atom stereocenters. The summed E-state index contributed by atoms with van der Waals surface area (Å²) in [5.41, 5.74) is 3.87. The van der Waals surface area contributed by atoms with Crippen LogP contribution in [0.15, 0.2) is 23.3 Å². The average Bonchev–Trinajstić information content (AvgIpc) is 2.81. The van der Waals surface area contributed by atoms with Crippen LogP contribution in [0.2, 0.25) is 0 Å². The Bertz CT molecular complexity index is 923. The van der Waals surface area contributed by atoms with Gasteiger partial charge in [0.15, 0.2) is 23.1 Å². The molecule has 0 aliphatic carbocycles. The van der Waals surface area contributed by atoms with Crippen LogP contribution >= 0.6 is 0 Å². The van der Waals surface area contributed by atoms with E-state index >= 15 is 0 Å². The molecule has 0 N–H and O–H groups in total. The third kappa shape index (κ3) is 6.10. The molecule has 0 unspecified atom stereocenters. The molecule has 0 aromatic heterocycles. The van der Waals surface area contributed by atoms with Crippen molar-refractivity contribution in [3.63, 3.8) is 0 Å². The number of hydrogen-bond acceptors (Lipinski definition) is 6. The largest absolute Gasteiger partial charge is 0.371 e. The molecule has 2 heterocycles. The maximum Gasteiger partial charge on any atom is 0.163 e. The minimum absolute atomic E-state index is 0.180. The summed E-state index contributed by atoms with van der Waals surface area (Å²) < 4.78 is 0. The van der Waals surface area contributed by atoms with Crippen molar-refractivity contribution in [3.8, 4) is 0 Å². The van der Waals surface area contributed by atoms with Gasteiger partial charge in [0.05, 0.1) is 11.1 Å². The molecule has 1 aromatic carbocycles. The highest BCUT2D eigenvalue weighted by Crippen LogP contribution is 2.36. The fourth-order valence-corrected chi connectivity index (χ4v) is 4.87. The minimum atomic E-state index is -0.254. The van der Waals surface area contributed by atoms with E-state index in [1.807, 2.05) is 12.1 Å². The molecule has 34 heavy (non-hydrogen) atoms. The molecule has 0 radical (unpaired) electrons. The van der Waals surface area contributed by atoms with E-state index in [4.69, 9.17) is 0 Å². The number of carbonyl (C=O) groups is 4. The van der Waals surface area contributed by atoms with Crippen LogP contribution in [0.5, 0.6) is 0 Å². The Labute approximate surface area is 202 Å². The summed E-state index contributed by atoms with van der Waals surface area (Å²) in [5, 5.41) is 0. The van der Waals surface area contributed by atoms with Crippen molar-refractivity contribution in [2.45, 2.75) is 66.2 Å². The van der Waals surface area contributed by atoms with Crippen molar-refractivity contribution >= 4 is 46.7 Å². The molecule has 1 aromatic rings. The van der Waals surface area contributed by atoms with Crippen LogP contribution in [0, 0.1) is 0 Å². The lowest BCUT2D eigenvalue weighted by Crippen LogP contribution is -2.32. The number of hydrogen-bond donors (Lipinski definition) is 0. The van der Waals surface area contributed by atoms with Gasteiger partial charge in [-0.1, -0.05) is 0 Å². The summed E-state index contributed by atoms with van der Waals surface area (Å²) in [5.74, 6) is -1.01. The first kappa shape index (κ1) is 25.6. The number of carbonyl (C=O) groups excluding carboxylic acids is 4. The Morgan fingerprint density at radius 1 is 0.559 bits per heavy atom. The second-order valence-corrected chi connectivity index (χ2v) is 9.41. The van der Waals surface area contributed by atoms with Gasteiger partial charge in [-0.05, 0) is 90.5 Å². The standard InChI is InChI=1S/C28H36N2O4/c1-19(31)25(20(2)32)15-23-17-28(30-13-9-6-10-14-30)24(16-26(21(3)33)22(4)34)18-27(23)29-11-7-5-8-12-29/h15-18H,5-14H2,1-4H3. The maximum atomic E-state index is 12.2. The molecule has 0 amide bonds. The predicted octanol–water partition coefficient (Wildman–Crippen LogP) is 4.79. The van der Waals surface area contributed by atoms with Crippen LogP contribution in [0.4, 0.5) is 11.4 Å². The second-order valence-electron chi connectivity index (χ2n) is 9.41. The van der Waals surface area contributed by atoms with Crippen LogP contribution in [-0.2, 0) is 19.2 Å². The van der Waals surface area contributed by atoms with E-state index in [9.17, 15) is 19.2 Å². The molecule has 3 rings (SSSR count). The number of Topliss-reactive ketones (excluding diaryl/α,β-unsaturated/α-hetero) is 4. The van der Waals surface area contributed by atoms with Gasteiger partial charge in [-0.3, -0.25) is 19.2 Å². The lowest BCUT2D eigenvalue weighted by molar-refractivity contribution is -0.120. The monoisotopic (exact) mass is 464 g/mol. The molecule has 6 nitrogen and oxygen atoms in total. The summed E-state index contributed by atoms with van der Waals surface area (Å²) in [4.78, 5) is 53.5. The third-order valence-corrected chi connectivity index (χ3v) is 6.69. The molecule has 182 valence electrons. The average molecular weight is 465 g/mol. The van der Waals surface area contributed by atoms with Gasteiger partial charge in [0.2, 0.25) is 0 Å². The van der Waals surface area contributed by atoms with Gasteiger partial charge in [-0.15, -0.1) is 0 Å². The van der Waals surface area contributed by atoms with Gasteiger partial charge in [0.25, 0.3) is 0 Å². The van der Waals surface area contributed by atoms with Crippen molar-refractivity contribution in [1.29, 1.82) is 0 Å². The van der Waals surface area contributed by atoms with E-state index in [2.05, 4.69) is 9.80 Å². The molecule has 2 aliphatic heterocycles. The zero-order valence-electron chi connectivity index (χ0n) is 20.9. The lowest BCUT2D eigenvalue weighted by atomic mass is 9.95. The number of ketones is 4. The molecule has 2 saturated heterocycles. The number of benzene rings is 1. The van der Waals surface area contributed by atoms with Gasteiger partial charge in [0.1, 0.15) is 0 Å². The predicted molar refractivity (Wildman–Crippen MR) is 137 cm³/mol. The fraction of sp³-hybridized carbons (Fsp3) is 0.500. The Balaban J connectivity index is 2.29. The van der Waals surface area contributed by atoms with Crippen LogP contribution in [0.25, 0.3) is 12.2 Å². The minimum Gasteiger partial charge on any atom is -0.371 e. The van der Waals surface area contributed by atoms with Crippen LogP contribution < -0.4 is 9.80 Å². The maximum absolute atomic E-state index is 12.2. The fourth-order valence-electron chi connectivity index (χ4n) is 4.87. The van der Waals surface area contributed by atoms with E-state index in [0.29, 0.717) is 0 Å². The first-order chi connectivity index (χ1) is 16.2. The Morgan fingerprint density at radius 2 is 0.853 bits per heavy atom. The first-order valence-electron chi connectivity index (χ1n) is 12.3.